The van der Waals surface area contributed by atoms with Crippen molar-refractivity contribution in [3.63, 3.8) is 0 Å². The summed E-state index contributed by atoms with van der Waals surface area (Å²) in [6.07, 6.45) is 1.46. The molecule has 1 aromatic rings. The topological polar surface area (TPSA) is 76.3 Å². The number of hydrogen-bond acceptors (Lipinski definition) is 4. The molecule has 0 fully saturated rings. The highest BCUT2D eigenvalue weighted by molar-refractivity contribution is 7.88. The van der Waals surface area contributed by atoms with E-state index in [1.165, 1.54) is 17.5 Å². The fraction of sp³-hybridized carbons (Fsp3) is 0.500. The first kappa shape index (κ1) is 17.6. The van der Waals surface area contributed by atoms with Crippen LogP contribution in [0.4, 0.5) is 0 Å². The first-order valence-corrected chi connectivity index (χ1v) is 7.11. The minimum atomic E-state index is -3.37. The summed E-state index contributed by atoms with van der Waals surface area (Å²) in [7, 11) is -1.84. The van der Waals surface area contributed by atoms with Crippen LogP contribution in [0.1, 0.15) is 12.5 Å². The van der Waals surface area contributed by atoms with Gasteiger partial charge in [-0.15, -0.1) is 12.4 Å². The summed E-state index contributed by atoms with van der Waals surface area (Å²) in [6, 6.07) is 2.99. The van der Waals surface area contributed by atoms with Crippen molar-refractivity contribution in [3.8, 4) is 0 Å². The Morgan fingerprint density at radius 1 is 1.50 bits per heavy atom. The molecule has 0 amide bonds. The molecule has 0 aliphatic heterocycles. The third-order valence-corrected chi connectivity index (χ3v) is 4.70. The molecule has 0 saturated carbocycles. The number of aromatic nitrogens is 1. The van der Waals surface area contributed by atoms with E-state index in [1.54, 1.807) is 19.1 Å². The molecule has 0 saturated heterocycles. The molecule has 5 nitrogen and oxygen atoms in total. The fourth-order valence-corrected chi connectivity index (χ4v) is 2.77. The van der Waals surface area contributed by atoms with E-state index in [2.05, 4.69) is 4.98 Å². The van der Waals surface area contributed by atoms with E-state index in [9.17, 15) is 8.42 Å². The van der Waals surface area contributed by atoms with Gasteiger partial charge >= 0.3 is 0 Å². The summed E-state index contributed by atoms with van der Waals surface area (Å²) in [4.78, 5) is 3.85. The first-order chi connectivity index (χ1) is 7.86. The van der Waals surface area contributed by atoms with E-state index < -0.39 is 10.0 Å². The number of pyridine rings is 1. The largest absolute Gasteiger partial charge is 0.329 e. The third kappa shape index (κ3) is 4.70. The van der Waals surface area contributed by atoms with E-state index in [-0.39, 0.29) is 30.7 Å². The SMILES string of the molecule is CC(CN)N(C)S(=O)(=O)Cc1ccc(Cl)nc1.Cl. The lowest BCUT2D eigenvalue weighted by Crippen LogP contribution is -2.40. The maximum atomic E-state index is 12.0. The summed E-state index contributed by atoms with van der Waals surface area (Å²) in [5.41, 5.74) is 6.05. The maximum Gasteiger partial charge on any atom is 0.218 e. The second kappa shape index (κ2) is 7.25. The van der Waals surface area contributed by atoms with E-state index in [0.717, 1.165) is 0 Å². The van der Waals surface area contributed by atoms with Crippen LogP contribution in [0.2, 0.25) is 5.15 Å². The average molecular weight is 314 g/mol. The van der Waals surface area contributed by atoms with Crippen molar-refractivity contribution >= 4 is 34.0 Å². The molecule has 0 aromatic carbocycles. The Kier molecular flexibility index (Phi) is 7.09. The van der Waals surface area contributed by atoms with Crippen molar-refractivity contribution in [3.05, 3.63) is 29.0 Å². The van der Waals surface area contributed by atoms with Crippen LogP contribution in [0.3, 0.4) is 0 Å². The van der Waals surface area contributed by atoms with E-state index >= 15 is 0 Å². The molecule has 0 aliphatic carbocycles. The van der Waals surface area contributed by atoms with Gasteiger partial charge in [-0.2, -0.15) is 0 Å². The Hall–Kier alpha value is -0.400. The molecule has 0 bridgehead atoms. The average Bonchev–Trinajstić information content (AvgIpc) is 2.30. The van der Waals surface area contributed by atoms with Crippen molar-refractivity contribution in [2.45, 2.75) is 18.7 Å². The van der Waals surface area contributed by atoms with Gasteiger partial charge < -0.3 is 5.73 Å². The van der Waals surface area contributed by atoms with Crippen LogP contribution >= 0.6 is 24.0 Å². The number of nitrogens with two attached hydrogens (primary N) is 1. The Morgan fingerprint density at radius 3 is 2.56 bits per heavy atom. The monoisotopic (exact) mass is 313 g/mol. The predicted molar refractivity (Wildman–Crippen MR) is 75.4 cm³/mol. The molecule has 1 atom stereocenters. The van der Waals surface area contributed by atoms with Crippen LogP contribution in [-0.4, -0.2) is 37.3 Å². The molecule has 0 aliphatic rings. The molecule has 2 N–H and O–H groups in total. The van der Waals surface area contributed by atoms with Crippen molar-refractivity contribution in [1.29, 1.82) is 0 Å². The summed E-state index contributed by atoms with van der Waals surface area (Å²) < 4.78 is 25.3. The van der Waals surface area contributed by atoms with Crippen molar-refractivity contribution in [2.75, 3.05) is 13.6 Å². The molecule has 18 heavy (non-hydrogen) atoms. The lowest BCUT2D eigenvalue weighted by Gasteiger charge is -2.22. The zero-order valence-electron chi connectivity index (χ0n) is 10.2. The number of halogens is 2. The maximum absolute atomic E-state index is 12.0. The smallest absolute Gasteiger partial charge is 0.218 e. The second-order valence-corrected chi connectivity index (χ2v) is 6.26. The normalized spacial score (nSPS) is 13.2. The van der Waals surface area contributed by atoms with E-state index in [0.29, 0.717) is 10.7 Å². The van der Waals surface area contributed by atoms with Crippen molar-refractivity contribution in [1.82, 2.24) is 9.29 Å². The van der Waals surface area contributed by atoms with Gasteiger partial charge in [-0.3, -0.25) is 0 Å². The van der Waals surface area contributed by atoms with E-state index in [1.807, 2.05) is 0 Å². The molecule has 1 aromatic heterocycles. The summed E-state index contributed by atoms with van der Waals surface area (Å²) >= 11 is 5.63. The van der Waals surface area contributed by atoms with Crippen molar-refractivity contribution < 1.29 is 8.42 Å². The molecule has 8 heteroatoms. The zero-order chi connectivity index (χ0) is 13.1. The van der Waals surface area contributed by atoms with Crippen LogP contribution in [0.25, 0.3) is 0 Å². The van der Waals surface area contributed by atoms with Gasteiger partial charge in [0.2, 0.25) is 10.0 Å². The Bertz CT molecular complexity index is 465. The van der Waals surface area contributed by atoms with Gasteiger partial charge in [0.15, 0.2) is 0 Å². The van der Waals surface area contributed by atoms with Crippen LogP contribution in [0.15, 0.2) is 18.3 Å². The standard InChI is InChI=1S/C10H16ClN3O2S.ClH/c1-8(5-12)14(2)17(15,16)7-9-3-4-10(11)13-6-9;/h3-4,6,8H,5,7,12H2,1-2H3;1H. The Labute approximate surface area is 119 Å². The molecule has 1 heterocycles. The number of nitrogens with zero attached hydrogens (tertiary/aromatic N) is 2. The highest BCUT2D eigenvalue weighted by atomic mass is 35.5. The predicted octanol–water partition coefficient (Wildman–Crippen LogP) is 1.27. The number of hydrogen-bond donors (Lipinski definition) is 1. The molecule has 0 spiro atoms. The molecule has 1 unspecified atom stereocenters. The highest BCUT2D eigenvalue weighted by Crippen LogP contribution is 2.12. The van der Waals surface area contributed by atoms with Gasteiger partial charge in [0, 0.05) is 25.8 Å². The van der Waals surface area contributed by atoms with Gasteiger partial charge in [-0.05, 0) is 18.6 Å². The molecular weight excluding hydrogens is 297 g/mol. The minimum absolute atomic E-state index is 0. The van der Waals surface area contributed by atoms with Gasteiger partial charge in [-0.1, -0.05) is 17.7 Å². The summed E-state index contributed by atoms with van der Waals surface area (Å²) in [5.74, 6) is -0.0992. The van der Waals surface area contributed by atoms with Crippen molar-refractivity contribution in [2.24, 2.45) is 5.73 Å². The quantitative estimate of drug-likeness (QED) is 0.830. The first-order valence-electron chi connectivity index (χ1n) is 5.13. The molecule has 0 radical (unpaired) electrons. The van der Waals surface area contributed by atoms with Gasteiger partial charge in [-0.25, -0.2) is 17.7 Å². The third-order valence-electron chi connectivity index (χ3n) is 2.54. The van der Waals surface area contributed by atoms with E-state index in [4.69, 9.17) is 17.3 Å². The van der Waals surface area contributed by atoms with Gasteiger partial charge in [0.1, 0.15) is 5.15 Å². The fourth-order valence-electron chi connectivity index (χ4n) is 1.23. The van der Waals surface area contributed by atoms with Crippen LogP contribution in [0, 0.1) is 0 Å². The number of sulfonamides is 1. The molecule has 1 rings (SSSR count). The lowest BCUT2D eigenvalue weighted by molar-refractivity contribution is 0.394. The van der Waals surface area contributed by atoms with Crippen LogP contribution in [0.5, 0.6) is 0 Å². The van der Waals surface area contributed by atoms with Gasteiger partial charge in [0.05, 0.1) is 5.75 Å². The minimum Gasteiger partial charge on any atom is -0.329 e. The second-order valence-electron chi connectivity index (χ2n) is 3.85. The van der Waals surface area contributed by atoms with Gasteiger partial charge in [0.25, 0.3) is 0 Å². The lowest BCUT2D eigenvalue weighted by atomic mass is 10.3. The summed E-state index contributed by atoms with van der Waals surface area (Å²) in [6.45, 7) is 2.05. The Morgan fingerprint density at radius 2 is 2.11 bits per heavy atom. The molecular formula is C10H17Cl2N3O2S. The van der Waals surface area contributed by atoms with Crippen LogP contribution in [-0.2, 0) is 15.8 Å². The number of rotatable bonds is 5. The molecule has 104 valence electrons. The van der Waals surface area contributed by atoms with Crippen LogP contribution < -0.4 is 5.73 Å². The number of likely N-dealkylation sites (N-methyl/N-ethyl adjacent to an activating group) is 1. The Balaban J connectivity index is 0.00000289. The summed E-state index contributed by atoms with van der Waals surface area (Å²) in [5, 5.41) is 0.342. The highest BCUT2D eigenvalue weighted by Gasteiger charge is 2.22. The zero-order valence-corrected chi connectivity index (χ0v) is 12.6.